The lowest BCUT2D eigenvalue weighted by molar-refractivity contribution is 0.669. The van der Waals surface area contributed by atoms with Gasteiger partial charge in [-0.05, 0) is 65.7 Å². The number of hydrogen-bond acceptors (Lipinski definition) is 2. The SMILES string of the molecule is c1ccc(-c2ccc(N(c3ccc4c(c3)oc3ccccc34)c3ccc4c(c3)c3cccc5c6ccccc6n4c53)cc2)cc1. The summed E-state index contributed by atoms with van der Waals surface area (Å²) in [5, 5.41) is 7.37. The zero-order chi connectivity index (χ0) is 29.5. The average Bonchev–Trinajstić information content (AvgIpc) is 3.76. The van der Waals surface area contributed by atoms with Crippen LogP contribution >= 0.6 is 0 Å². The highest BCUT2D eigenvalue weighted by molar-refractivity contribution is 6.23. The van der Waals surface area contributed by atoms with Gasteiger partial charge in [-0.1, -0.05) is 97.1 Å². The predicted octanol–water partition coefficient (Wildman–Crippen LogP) is 11.9. The van der Waals surface area contributed by atoms with Gasteiger partial charge in [-0.25, -0.2) is 0 Å². The van der Waals surface area contributed by atoms with E-state index in [0.717, 1.165) is 39.0 Å². The molecule has 0 saturated carbocycles. The minimum atomic E-state index is 0.882. The van der Waals surface area contributed by atoms with Crippen LogP contribution < -0.4 is 4.90 Å². The Morgan fingerprint density at radius 3 is 1.84 bits per heavy atom. The molecule has 10 aromatic rings. The molecule has 0 aliphatic heterocycles. The van der Waals surface area contributed by atoms with Gasteiger partial charge in [0.15, 0.2) is 0 Å². The topological polar surface area (TPSA) is 20.8 Å². The van der Waals surface area contributed by atoms with Gasteiger partial charge >= 0.3 is 0 Å². The fourth-order valence-electron chi connectivity index (χ4n) is 7.29. The van der Waals surface area contributed by atoms with Crippen LogP contribution in [-0.4, -0.2) is 4.40 Å². The van der Waals surface area contributed by atoms with E-state index in [1.807, 2.05) is 12.1 Å². The van der Waals surface area contributed by atoms with Gasteiger partial charge in [0, 0.05) is 55.4 Å². The Hall–Kier alpha value is -6.06. The molecule has 210 valence electrons. The first-order valence-corrected chi connectivity index (χ1v) is 15.4. The summed E-state index contributed by atoms with van der Waals surface area (Å²) in [6.07, 6.45) is 0. The first-order valence-electron chi connectivity index (χ1n) is 15.4. The number of benzene rings is 7. The lowest BCUT2D eigenvalue weighted by Crippen LogP contribution is -2.09. The molecular weight excluding hydrogens is 548 g/mol. The van der Waals surface area contributed by atoms with E-state index in [2.05, 4.69) is 155 Å². The lowest BCUT2D eigenvalue weighted by Gasteiger charge is -2.26. The Labute approximate surface area is 259 Å². The molecule has 45 heavy (non-hydrogen) atoms. The molecule has 0 radical (unpaired) electrons. The van der Waals surface area contributed by atoms with Crippen LogP contribution in [0.2, 0.25) is 0 Å². The molecule has 0 N–H and O–H groups in total. The minimum Gasteiger partial charge on any atom is -0.456 e. The first-order chi connectivity index (χ1) is 22.3. The van der Waals surface area contributed by atoms with Crippen LogP contribution in [-0.2, 0) is 0 Å². The average molecular weight is 575 g/mol. The number of nitrogens with zero attached hydrogens (tertiary/aromatic N) is 2. The summed E-state index contributed by atoms with van der Waals surface area (Å²) in [5.41, 5.74) is 11.2. The highest BCUT2D eigenvalue weighted by Crippen LogP contribution is 2.43. The van der Waals surface area contributed by atoms with Crippen molar-refractivity contribution in [3.8, 4) is 11.1 Å². The first kappa shape index (κ1) is 24.4. The number of furan rings is 1. The standard InChI is InChI=1S/C42H26N2O/c1-2-9-27(10-3-1)28-17-19-29(20-18-28)43(31-21-23-34-33-12-5-7-16-40(33)45-41(34)26-31)30-22-24-39-37(25-30)36-14-8-13-35-32-11-4-6-15-38(32)44(39)42(35)36/h1-26H. The monoisotopic (exact) mass is 574 g/mol. The van der Waals surface area contributed by atoms with E-state index in [1.165, 1.54) is 49.2 Å². The van der Waals surface area contributed by atoms with Crippen molar-refractivity contribution in [3.05, 3.63) is 158 Å². The van der Waals surface area contributed by atoms with E-state index in [-0.39, 0.29) is 0 Å². The van der Waals surface area contributed by atoms with Crippen LogP contribution in [0.15, 0.2) is 162 Å². The molecule has 7 aromatic carbocycles. The van der Waals surface area contributed by atoms with E-state index in [9.17, 15) is 0 Å². The van der Waals surface area contributed by atoms with Gasteiger partial charge in [0.25, 0.3) is 0 Å². The third-order valence-corrected chi connectivity index (χ3v) is 9.32. The second-order valence-corrected chi connectivity index (χ2v) is 11.8. The Bertz CT molecular complexity index is 2700. The van der Waals surface area contributed by atoms with Crippen LogP contribution in [0.3, 0.4) is 0 Å². The highest BCUT2D eigenvalue weighted by atomic mass is 16.3. The summed E-state index contributed by atoms with van der Waals surface area (Å²) in [6, 6.07) is 56.5. The molecule has 10 rings (SSSR count). The van der Waals surface area contributed by atoms with E-state index in [1.54, 1.807) is 0 Å². The summed E-state index contributed by atoms with van der Waals surface area (Å²) in [6.45, 7) is 0. The molecule has 3 heteroatoms. The third-order valence-electron chi connectivity index (χ3n) is 9.32. The van der Waals surface area contributed by atoms with Gasteiger partial charge in [0.05, 0.1) is 16.6 Å². The smallest absolute Gasteiger partial charge is 0.137 e. The number of anilines is 3. The second kappa shape index (κ2) is 9.22. The maximum absolute atomic E-state index is 6.35. The van der Waals surface area contributed by atoms with Crippen molar-refractivity contribution in [2.75, 3.05) is 4.90 Å². The quantitative estimate of drug-likeness (QED) is 0.208. The minimum absolute atomic E-state index is 0.882. The van der Waals surface area contributed by atoms with Crippen molar-refractivity contribution in [1.82, 2.24) is 4.40 Å². The van der Waals surface area contributed by atoms with Crippen molar-refractivity contribution in [2.45, 2.75) is 0 Å². The lowest BCUT2D eigenvalue weighted by atomic mass is 10.0. The summed E-state index contributed by atoms with van der Waals surface area (Å²) in [7, 11) is 0. The summed E-state index contributed by atoms with van der Waals surface area (Å²) in [5.74, 6) is 0. The predicted molar refractivity (Wildman–Crippen MR) is 188 cm³/mol. The number of hydrogen-bond donors (Lipinski definition) is 0. The summed E-state index contributed by atoms with van der Waals surface area (Å²) < 4.78 is 8.78. The Kier molecular flexibility index (Phi) is 5.00. The zero-order valence-corrected chi connectivity index (χ0v) is 24.3. The number of aromatic nitrogens is 1. The Morgan fingerprint density at radius 2 is 0.978 bits per heavy atom. The van der Waals surface area contributed by atoms with E-state index >= 15 is 0 Å². The molecule has 3 aromatic heterocycles. The second-order valence-electron chi connectivity index (χ2n) is 11.8. The van der Waals surface area contributed by atoms with Crippen molar-refractivity contribution < 1.29 is 4.42 Å². The zero-order valence-electron chi connectivity index (χ0n) is 24.3. The normalized spacial score (nSPS) is 12.0. The number of para-hydroxylation sites is 3. The van der Waals surface area contributed by atoms with Crippen LogP contribution in [0.25, 0.3) is 71.2 Å². The molecule has 3 nitrogen and oxygen atoms in total. The molecule has 0 saturated heterocycles. The molecule has 0 fully saturated rings. The molecule has 0 unspecified atom stereocenters. The fourth-order valence-corrected chi connectivity index (χ4v) is 7.29. The fraction of sp³-hybridized carbons (Fsp3) is 0. The van der Waals surface area contributed by atoms with E-state index in [0.29, 0.717) is 0 Å². The van der Waals surface area contributed by atoms with Gasteiger partial charge < -0.3 is 13.7 Å². The number of fused-ring (bicyclic) bond motifs is 9. The highest BCUT2D eigenvalue weighted by Gasteiger charge is 2.20. The van der Waals surface area contributed by atoms with Crippen LogP contribution in [0.4, 0.5) is 17.1 Å². The van der Waals surface area contributed by atoms with E-state index in [4.69, 9.17) is 4.42 Å². The van der Waals surface area contributed by atoms with Gasteiger partial charge in [0.1, 0.15) is 11.2 Å². The molecule has 3 heterocycles. The summed E-state index contributed by atoms with van der Waals surface area (Å²) in [4.78, 5) is 2.34. The molecule has 0 atom stereocenters. The van der Waals surface area contributed by atoms with Gasteiger partial charge in [-0.3, -0.25) is 0 Å². The van der Waals surface area contributed by atoms with Crippen molar-refractivity contribution in [2.24, 2.45) is 0 Å². The summed E-state index contributed by atoms with van der Waals surface area (Å²) >= 11 is 0. The molecule has 0 amide bonds. The van der Waals surface area contributed by atoms with Crippen LogP contribution in [0.1, 0.15) is 0 Å². The molecule has 0 aliphatic carbocycles. The van der Waals surface area contributed by atoms with Crippen molar-refractivity contribution >= 4 is 77.1 Å². The Morgan fingerprint density at radius 1 is 0.378 bits per heavy atom. The van der Waals surface area contributed by atoms with Gasteiger partial charge in [-0.2, -0.15) is 0 Å². The van der Waals surface area contributed by atoms with Crippen LogP contribution in [0, 0.1) is 0 Å². The number of rotatable bonds is 4. The Balaban J connectivity index is 1.20. The largest absolute Gasteiger partial charge is 0.456 e. The van der Waals surface area contributed by atoms with Gasteiger partial charge in [-0.15, -0.1) is 0 Å². The molecule has 0 bridgehead atoms. The van der Waals surface area contributed by atoms with Crippen LogP contribution in [0.5, 0.6) is 0 Å². The van der Waals surface area contributed by atoms with E-state index < -0.39 is 0 Å². The maximum Gasteiger partial charge on any atom is 0.137 e. The van der Waals surface area contributed by atoms with Crippen molar-refractivity contribution in [3.63, 3.8) is 0 Å². The van der Waals surface area contributed by atoms with Gasteiger partial charge in [0.2, 0.25) is 0 Å². The van der Waals surface area contributed by atoms with Crippen molar-refractivity contribution in [1.29, 1.82) is 0 Å². The molecule has 0 spiro atoms. The molecular formula is C42H26N2O. The third kappa shape index (κ3) is 3.52. The maximum atomic E-state index is 6.35. The molecule has 0 aliphatic rings.